The van der Waals surface area contributed by atoms with Crippen LogP contribution in [0.4, 0.5) is 13.2 Å². The number of methoxy groups -OCH3 is 2. The molecule has 0 saturated carbocycles. The van der Waals surface area contributed by atoms with Crippen molar-refractivity contribution in [1.82, 2.24) is 10.2 Å². The SMILES string of the molecule is C=C(C)C(F)(F)CN1CCC(OCc2cc(OC)c(-c3cccc4c(C[C@H](NC(=O)c5c(C)cccc5F)C(=O)O)cccc34)c(OC)c2)CC1. The number of benzene rings is 4. The summed E-state index contributed by atoms with van der Waals surface area (Å²) in [6.07, 6.45) is 1.14. The molecule has 5 rings (SSSR count). The minimum Gasteiger partial charge on any atom is -0.496 e. The van der Waals surface area contributed by atoms with Gasteiger partial charge in [0, 0.05) is 19.5 Å². The molecule has 1 fully saturated rings. The van der Waals surface area contributed by atoms with Gasteiger partial charge in [-0.05, 0) is 83.5 Å². The maximum absolute atomic E-state index is 14.5. The Labute approximate surface area is 295 Å². The van der Waals surface area contributed by atoms with Crippen molar-refractivity contribution >= 4 is 22.6 Å². The van der Waals surface area contributed by atoms with Gasteiger partial charge in [-0.1, -0.05) is 55.1 Å². The Bertz CT molecular complexity index is 1880. The van der Waals surface area contributed by atoms with Crippen LogP contribution in [0, 0.1) is 12.7 Å². The summed E-state index contributed by atoms with van der Waals surface area (Å²) in [5, 5.41) is 14.1. The van der Waals surface area contributed by atoms with E-state index in [1.54, 1.807) is 38.2 Å². The van der Waals surface area contributed by atoms with Crippen molar-refractivity contribution in [3.63, 3.8) is 0 Å². The van der Waals surface area contributed by atoms with Gasteiger partial charge in [0.05, 0.1) is 44.6 Å². The summed E-state index contributed by atoms with van der Waals surface area (Å²) in [6, 6.07) is 17.9. The number of piperidine rings is 1. The molecule has 8 nitrogen and oxygen atoms in total. The highest BCUT2D eigenvalue weighted by atomic mass is 19.3. The molecule has 1 heterocycles. The molecule has 1 saturated heterocycles. The quantitative estimate of drug-likeness (QED) is 0.131. The maximum Gasteiger partial charge on any atom is 0.326 e. The fourth-order valence-corrected chi connectivity index (χ4v) is 6.52. The molecule has 4 aromatic rings. The van der Waals surface area contributed by atoms with E-state index < -0.39 is 29.7 Å². The summed E-state index contributed by atoms with van der Waals surface area (Å²) in [5.41, 5.74) is 3.03. The first-order chi connectivity index (χ1) is 24.3. The van der Waals surface area contributed by atoms with Crippen LogP contribution in [-0.2, 0) is 22.6 Å². The molecule has 0 spiro atoms. The number of hydrogen-bond donors (Lipinski definition) is 2. The zero-order chi connectivity index (χ0) is 36.9. The summed E-state index contributed by atoms with van der Waals surface area (Å²) >= 11 is 0. The largest absolute Gasteiger partial charge is 0.496 e. The minimum atomic E-state index is -2.92. The number of carboxylic acids is 1. The van der Waals surface area contributed by atoms with Crippen molar-refractivity contribution < 1.29 is 42.1 Å². The van der Waals surface area contributed by atoms with Gasteiger partial charge in [0.2, 0.25) is 0 Å². The van der Waals surface area contributed by atoms with E-state index in [9.17, 15) is 27.9 Å². The van der Waals surface area contributed by atoms with Gasteiger partial charge >= 0.3 is 5.97 Å². The molecule has 1 aliphatic rings. The monoisotopic (exact) mass is 704 g/mol. The van der Waals surface area contributed by atoms with E-state index >= 15 is 0 Å². The summed E-state index contributed by atoms with van der Waals surface area (Å²) in [7, 11) is 3.13. The van der Waals surface area contributed by atoms with Crippen molar-refractivity contribution in [3.8, 4) is 22.6 Å². The summed E-state index contributed by atoms with van der Waals surface area (Å²) in [4.78, 5) is 27.1. The predicted molar refractivity (Wildman–Crippen MR) is 190 cm³/mol. The number of likely N-dealkylation sites (tertiary alicyclic amines) is 1. The van der Waals surface area contributed by atoms with Crippen molar-refractivity contribution in [1.29, 1.82) is 0 Å². The highest BCUT2D eigenvalue weighted by Crippen LogP contribution is 2.43. The van der Waals surface area contributed by atoms with Gasteiger partial charge in [-0.3, -0.25) is 9.69 Å². The van der Waals surface area contributed by atoms with E-state index in [4.69, 9.17) is 14.2 Å². The topological polar surface area (TPSA) is 97.3 Å². The number of nitrogens with zero attached hydrogens (tertiary/aromatic N) is 1. The van der Waals surface area contributed by atoms with Crippen molar-refractivity contribution in [2.75, 3.05) is 33.9 Å². The molecule has 0 radical (unpaired) electrons. The smallest absolute Gasteiger partial charge is 0.326 e. The zero-order valence-electron chi connectivity index (χ0n) is 29.2. The fraction of sp³-hybridized carbons (Fsp3) is 0.350. The summed E-state index contributed by atoms with van der Waals surface area (Å²) < 4.78 is 60.7. The average Bonchev–Trinajstić information content (AvgIpc) is 3.10. The van der Waals surface area contributed by atoms with Gasteiger partial charge in [0.25, 0.3) is 11.8 Å². The van der Waals surface area contributed by atoms with Crippen LogP contribution in [0.25, 0.3) is 21.9 Å². The molecule has 0 bridgehead atoms. The Morgan fingerprint density at radius 3 is 2.24 bits per heavy atom. The van der Waals surface area contributed by atoms with Gasteiger partial charge in [0.1, 0.15) is 23.4 Å². The highest BCUT2D eigenvalue weighted by molar-refractivity contribution is 6.02. The van der Waals surface area contributed by atoms with Crippen LogP contribution in [0.5, 0.6) is 11.5 Å². The first-order valence-electron chi connectivity index (χ1n) is 16.7. The van der Waals surface area contributed by atoms with Crippen LogP contribution in [0.2, 0.25) is 0 Å². The molecule has 0 unspecified atom stereocenters. The highest BCUT2D eigenvalue weighted by Gasteiger charge is 2.34. The molecule has 4 aromatic carbocycles. The number of carbonyl (C=O) groups excluding carboxylic acids is 1. The van der Waals surface area contributed by atoms with E-state index in [0.717, 1.165) is 28.0 Å². The fourth-order valence-electron chi connectivity index (χ4n) is 6.52. The van der Waals surface area contributed by atoms with Crippen molar-refractivity contribution in [3.05, 3.63) is 107 Å². The first-order valence-corrected chi connectivity index (χ1v) is 16.7. The second kappa shape index (κ2) is 16.0. The number of carbonyl (C=O) groups is 2. The molecular formula is C40H43F3N2O6. The molecule has 1 atom stereocenters. The molecule has 270 valence electrons. The normalized spacial score (nSPS) is 14.6. The van der Waals surface area contributed by atoms with Crippen LogP contribution < -0.4 is 14.8 Å². The Morgan fingerprint density at radius 1 is 1.00 bits per heavy atom. The van der Waals surface area contributed by atoms with E-state index in [-0.39, 0.29) is 36.8 Å². The molecular weight excluding hydrogens is 661 g/mol. The third kappa shape index (κ3) is 8.54. The molecule has 2 N–H and O–H groups in total. The Hall–Kier alpha value is -4.87. The van der Waals surface area contributed by atoms with Crippen molar-refractivity contribution in [2.24, 2.45) is 0 Å². The number of aliphatic carboxylic acids is 1. The molecule has 0 aromatic heterocycles. The van der Waals surface area contributed by atoms with Gasteiger partial charge in [-0.25, -0.2) is 18.0 Å². The van der Waals surface area contributed by atoms with Crippen LogP contribution in [-0.4, -0.2) is 73.8 Å². The van der Waals surface area contributed by atoms with Crippen LogP contribution in [0.15, 0.2) is 78.9 Å². The minimum absolute atomic E-state index is 0.0465. The van der Waals surface area contributed by atoms with Gasteiger partial charge < -0.3 is 24.6 Å². The predicted octanol–water partition coefficient (Wildman–Crippen LogP) is 7.59. The zero-order valence-corrected chi connectivity index (χ0v) is 29.2. The van der Waals surface area contributed by atoms with E-state index in [0.29, 0.717) is 54.1 Å². The lowest BCUT2D eigenvalue weighted by atomic mass is 9.92. The standard InChI is InChI=1S/C40H43F3N2O6/c1-24(2)40(42,43)23-45-17-15-28(16-18-45)51-22-26-19-34(49-4)37(35(20-26)50-5)31-13-8-11-29-27(10-7-12-30(29)31)21-33(39(47)48)44-38(46)36-25(3)9-6-14-32(36)41/h6-14,19-20,28,33H,1,15-18,21-23H2,2-5H3,(H,44,46)(H,47,48)/t33-/m0/s1. The first kappa shape index (κ1) is 37.4. The molecule has 0 aliphatic carbocycles. The van der Waals surface area contributed by atoms with Gasteiger partial charge in [0.15, 0.2) is 0 Å². The Balaban J connectivity index is 1.36. The number of carboxylic acid groups (broad SMARTS) is 1. The number of ether oxygens (including phenoxy) is 3. The molecule has 1 aliphatic heterocycles. The third-order valence-corrected chi connectivity index (χ3v) is 9.39. The second-order valence-corrected chi connectivity index (χ2v) is 13.0. The van der Waals surface area contributed by atoms with Crippen molar-refractivity contribution in [2.45, 2.75) is 57.8 Å². The number of rotatable bonds is 14. The van der Waals surface area contributed by atoms with Crippen LogP contribution >= 0.6 is 0 Å². The number of nitrogens with one attached hydrogen (secondary N) is 1. The Morgan fingerprint density at radius 2 is 1.63 bits per heavy atom. The lowest BCUT2D eigenvalue weighted by Gasteiger charge is -2.34. The lowest BCUT2D eigenvalue weighted by molar-refractivity contribution is -0.139. The molecule has 1 amide bonds. The third-order valence-electron chi connectivity index (χ3n) is 9.39. The molecule has 51 heavy (non-hydrogen) atoms. The van der Waals surface area contributed by atoms with Gasteiger partial charge in [-0.2, -0.15) is 0 Å². The number of amides is 1. The van der Waals surface area contributed by atoms with Crippen LogP contribution in [0.3, 0.4) is 0 Å². The maximum atomic E-state index is 14.5. The summed E-state index contributed by atoms with van der Waals surface area (Å²) in [6.45, 7) is 7.30. The van der Waals surface area contributed by atoms with E-state index in [2.05, 4.69) is 11.9 Å². The summed E-state index contributed by atoms with van der Waals surface area (Å²) in [5.74, 6) is -4.61. The number of alkyl halides is 2. The van der Waals surface area contributed by atoms with Gasteiger partial charge in [-0.15, -0.1) is 0 Å². The average molecular weight is 705 g/mol. The van der Waals surface area contributed by atoms with E-state index in [1.165, 1.54) is 13.0 Å². The Kier molecular flexibility index (Phi) is 11.7. The number of fused-ring (bicyclic) bond motifs is 1. The number of halogens is 3. The number of aryl methyl sites for hydroxylation is 1. The van der Waals surface area contributed by atoms with Crippen LogP contribution in [0.1, 0.15) is 46.8 Å². The lowest BCUT2D eigenvalue weighted by Crippen LogP contribution is -2.43. The van der Waals surface area contributed by atoms with E-state index in [1.807, 2.05) is 42.5 Å². The second-order valence-electron chi connectivity index (χ2n) is 13.0. The number of hydrogen-bond acceptors (Lipinski definition) is 6. The molecule has 11 heteroatoms.